The number of hydrogen-bond donors (Lipinski definition) is 1. The lowest BCUT2D eigenvalue weighted by atomic mass is 10.0. The Morgan fingerprint density at radius 3 is 2.30 bits per heavy atom. The van der Waals surface area contributed by atoms with E-state index >= 15 is 0 Å². The minimum atomic E-state index is -0.219. The summed E-state index contributed by atoms with van der Waals surface area (Å²) >= 11 is 0. The van der Waals surface area contributed by atoms with Gasteiger partial charge in [-0.15, -0.1) is 0 Å². The molecule has 2 nitrogen and oxygen atoms in total. The van der Waals surface area contributed by atoms with Gasteiger partial charge in [0.25, 0.3) is 0 Å². The molecule has 0 aliphatic carbocycles. The van der Waals surface area contributed by atoms with E-state index < -0.39 is 0 Å². The van der Waals surface area contributed by atoms with Crippen LogP contribution in [-0.4, -0.2) is 6.54 Å². The summed E-state index contributed by atoms with van der Waals surface area (Å²) < 4.78 is 13.1. The molecule has 2 rings (SSSR count). The molecule has 2 N–H and O–H groups in total. The van der Waals surface area contributed by atoms with Crippen LogP contribution in [0.3, 0.4) is 0 Å². The van der Waals surface area contributed by atoms with E-state index in [2.05, 4.69) is 30.9 Å². The Morgan fingerprint density at radius 2 is 1.70 bits per heavy atom. The van der Waals surface area contributed by atoms with Gasteiger partial charge in [0.15, 0.2) is 0 Å². The number of anilines is 2. The van der Waals surface area contributed by atoms with Crippen LogP contribution < -0.4 is 10.6 Å². The molecule has 106 valence electrons. The van der Waals surface area contributed by atoms with Crippen LogP contribution in [0.2, 0.25) is 0 Å². The first kappa shape index (κ1) is 14.5. The van der Waals surface area contributed by atoms with Crippen LogP contribution in [0.5, 0.6) is 0 Å². The van der Waals surface area contributed by atoms with Crippen molar-refractivity contribution in [2.45, 2.75) is 26.3 Å². The molecular formula is C17H21FN2. The van der Waals surface area contributed by atoms with Gasteiger partial charge < -0.3 is 10.6 Å². The van der Waals surface area contributed by atoms with Crippen molar-refractivity contribution in [2.24, 2.45) is 5.73 Å². The van der Waals surface area contributed by atoms with Crippen LogP contribution in [0.25, 0.3) is 0 Å². The van der Waals surface area contributed by atoms with Gasteiger partial charge in [-0.2, -0.15) is 0 Å². The van der Waals surface area contributed by atoms with Crippen molar-refractivity contribution >= 4 is 11.4 Å². The summed E-state index contributed by atoms with van der Waals surface area (Å²) in [5.41, 5.74) is 9.40. The highest BCUT2D eigenvalue weighted by molar-refractivity contribution is 5.67. The van der Waals surface area contributed by atoms with Crippen LogP contribution >= 0.6 is 0 Å². The minimum Gasteiger partial charge on any atom is -0.341 e. The maximum atomic E-state index is 13.1. The molecule has 20 heavy (non-hydrogen) atoms. The summed E-state index contributed by atoms with van der Waals surface area (Å²) in [5, 5.41) is 0. The van der Waals surface area contributed by atoms with E-state index in [-0.39, 0.29) is 11.9 Å². The Bertz CT molecular complexity index is 551. The Kier molecular flexibility index (Phi) is 4.74. The van der Waals surface area contributed by atoms with Crippen LogP contribution in [0, 0.1) is 5.82 Å². The number of nitrogens with two attached hydrogens (primary N) is 1. The van der Waals surface area contributed by atoms with Crippen LogP contribution in [0.15, 0.2) is 48.5 Å². The highest BCUT2D eigenvalue weighted by atomic mass is 19.1. The number of rotatable bonds is 5. The molecule has 0 bridgehead atoms. The topological polar surface area (TPSA) is 29.3 Å². The van der Waals surface area contributed by atoms with Gasteiger partial charge in [-0.1, -0.05) is 25.1 Å². The van der Waals surface area contributed by atoms with Crippen molar-refractivity contribution in [2.75, 3.05) is 11.4 Å². The van der Waals surface area contributed by atoms with Crippen molar-refractivity contribution in [1.82, 2.24) is 0 Å². The molecule has 0 amide bonds. The summed E-state index contributed by atoms with van der Waals surface area (Å²) in [6.07, 6.45) is 0.887. The molecule has 2 aromatic rings. The predicted octanol–water partition coefficient (Wildman–Crippen LogP) is 4.39. The van der Waals surface area contributed by atoms with Crippen LogP contribution in [-0.2, 0) is 0 Å². The van der Waals surface area contributed by atoms with Gasteiger partial charge in [0.2, 0.25) is 0 Å². The molecule has 0 spiro atoms. The zero-order valence-corrected chi connectivity index (χ0v) is 12.0. The van der Waals surface area contributed by atoms with Crippen molar-refractivity contribution in [3.63, 3.8) is 0 Å². The Hall–Kier alpha value is -1.87. The third kappa shape index (κ3) is 2.99. The van der Waals surface area contributed by atoms with Gasteiger partial charge in [0, 0.05) is 24.0 Å². The van der Waals surface area contributed by atoms with E-state index in [1.165, 1.54) is 12.1 Å². The van der Waals surface area contributed by atoms with E-state index in [0.29, 0.717) is 0 Å². The predicted molar refractivity (Wildman–Crippen MR) is 82.7 cm³/mol. The maximum absolute atomic E-state index is 13.1. The summed E-state index contributed by atoms with van der Waals surface area (Å²) in [5.74, 6) is -0.219. The second kappa shape index (κ2) is 6.53. The average Bonchev–Trinajstić information content (AvgIpc) is 2.49. The molecule has 3 heteroatoms. The van der Waals surface area contributed by atoms with Gasteiger partial charge in [0.05, 0.1) is 0 Å². The fourth-order valence-corrected chi connectivity index (χ4v) is 2.38. The minimum absolute atomic E-state index is 0.0145. The van der Waals surface area contributed by atoms with Crippen LogP contribution in [0.4, 0.5) is 15.8 Å². The second-order valence-corrected chi connectivity index (χ2v) is 4.79. The van der Waals surface area contributed by atoms with Gasteiger partial charge in [-0.3, -0.25) is 0 Å². The van der Waals surface area contributed by atoms with Gasteiger partial charge in [0.1, 0.15) is 5.82 Å². The SMILES string of the molecule is CC[C@H](N)c1ccccc1N(CC)c1ccc(F)cc1. The third-order valence-electron chi connectivity index (χ3n) is 3.52. The molecule has 0 saturated carbocycles. The smallest absolute Gasteiger partial charge is 0.123 e. The summed E-state index contributed by atoms with van der Waals surface area (Å²) in [4.78, 5) is 2.16. The summed E-state index contributed by atoms with van der Waals surface area (Å²) in [6.45, 7) is 4.96. The van der Waals surface area contributed by atoms with Crippen molar-refractivity contribution < 1.29 is 4.39 Å². The molecule has 0 saturated heterocycles. The lowest BCUT2D eigenvalue weighted by Crippen LogP contribution is -2.20. The van der Waals surface area contributed by atoms with Gasteiger partial charge in [-0.25, -0.2) is 4.39 Å². The number of hydrogen-bond acceptors (Lipinski definition) is 2. The Labute approximate surface area is 120 Å². The van der Waals surface area contributed by atoms with Crippen molar-refractivity contribution in [1.29, 1.82) is 0 Å². The highest BCUT2D eigenvalue weighted by Gasteiger charge is 2.15. The first-order chi connectivity index (χ1) is 9.67. The highest BCUT2D eigenvalue weighted by Crippen LogP contribution is 2.32. The second-order valence-electron chi connectivity index (χ2n) is 4.79. The number of halogens is 1. The van der Waals surface area contributed by atoms with E-state index in [4.69, 9.17) is 5.73 Å². The van der Waals surface area contributed by atoms with Gasteiger partial charge >= 0.3 is 0 Å². The number of nitrogens with zero attached hydrogens (tertiary/aromatic N) is 1. The molecule has 0 radical (unpaired) electrons. The third-order valence-corrected chi connectivity index (χ3v) is 3.52. The fourth-order valence-electron chi connectivity index (χ4n) is 2.38. The zero-order valence-electron chi connectivity index (χ0n) is 12.0. The molecule has 1 atom stereocenters. The van der Waals surface area contributed by atoms with Crippen molar-refractivity contribution in [3.05, 3.63) is 59.9 Å². The monoisotopic (exact) mass is 272 g/mol. The quantitative estimate of drug-likeness (QED) is 0.874. The van der Waals surface area contributed by atoms with E-state index in [9.17, 15) is 4.39 Å². The van der Waals surface area contributed by atoms with E-state index in [0.717, 1.165) is 29.9 Å². The fraction of sp³-hybridized carbons (Fsp3) is 0.294. The first-order valence-electron chi connectivity index (χ1n) is 7.05. The molecule has 0 unspecified atom stereocenters. The normalized spacial score (nSPS) is 12.2. The molecular weight excluding hydrogens is 251 g/mol. The Morgan fingerprint density at radius 1 is 1.05 bits per heavy atom. The lowest BCUT2D eigenvalue weighted by molar-refractivity contribution is 0.627. The molecule has 0 fully saturated rings. The standard InChI is InChI=1S/C17H21FN2/c1-3-16(19)15-7-5-6-8-17(15)20(4-2)14-11-9-13(18)10-12-14/h5-12,16H,3-4,19H2,1-2H3/t16-/m0/s1. The maximum Gasteiger partial charge on any atom is 0.123 e. The molecule has 0 aromatic heterocycles. The van der Waals surface area contributed by atoms with Crippen LogP contribution in [0.1, 0.15) is 31.9 Å². The zero-order chi connectivity index (χ0) is 14.5. The summed E-state index contributed by atoms with van der Waals surface area (Å²) in [7, 11) is 0. The molecule has 2 aromatic carbocycles. The lowest BCUT2D eigenvalue weighted by Gasteiger charge is -2.27. The molecule has 0 aliphatic rings. The number of benzene rings is 2. The van der Waals surface area contributed by atoms with E-state index in [1.54, 1.807) is 12.1 Å². The van der Waals surface area contributed by atoms with E-state index in [1.807, 2.05) is 12.1 Å². The first-order valence-corrected chi connectivity index (χ1v) is 7.05. The largest absolute Gasteiger partial charge is 0.341 e. The molecule has 0 heterocycles. The summed E-state index contributed by atoms with van der Waals surface area (Å²) in [6, 6.07) is 14.7. The number of para-hydroxylation sites is 1. The molecule has 0 aliphatic heterocycles. The Balaban J connectivity index is 2.44. The van der Waals surface area contributed by atoms with Gasteiger partial charge in [-0.05, 0) is 49.2 Å². The average molecular weight is 272 g/mol. The van der Waals surface area contributed by atoms with Crippen molar-refractivity contribution in [3.8, 4) is 0 Å².